The molecule has 4 rings (SSSR count). The van der Waals surface area contributed by atoms with Crippen molar-refractivity contribution in [1.82, 2.24) is 14.7 Å². The van der Waals surface area contributed by atoms with Gasteiger partial charge in [-0.05, 0) is 37.7 Å². The summed E-state index contributed by atoms with van der Waals surface area (Å²) in [7, 11) is 0. The second-order valence-corrected chi connectivity index (χ2v) is 7.66. The van der Waals surface area contributed by atoms with E-state index < -0.39 is 0 Å². The maximum Gasteiger partial charge on any atom is 0.262 e. The van der Waals surface area contributed by atoms with Crippen LogP contribution in [-0.4, -0.2) is 20.6 Å². The van der Waals surface area contributed by atoms with Gasteiger partial charge in [0.2, 0.25) is 5.91 Å². The monoisotopic (exact) mass is 358 g/mol. The zero-order valence-corrected chi connectivity index (χ0v) is 14.9. The molecule has 1 aliphatic rings. The van der Waals surface area contributed by atoms with Gasteiger partial charge < -0.3 is 9.84 Å². The van der Waals surface area contributed by atoms with Crippen LogP contribution in [0.2, 0.25) is 0 Å². The summed E-state index contributed by atoms with van der Waals surface area (Å²) in [5.74, 6) is 1.25. The van der Waals surface area contributed by atoms with E-state index >= 15 is 0 Å². The Hall–Kier alpha value is -2.48. The normalized spacial score (nSPS) is 16.8. The minimum atomic E-state index is -0.339. The van der Waals surface area contributed by atoms with E-state index in [4.69, 9.17) is 4.52 Å². The second-order valence-electron chi connectivity index (χ2n) is 6.58. The molecule has 1 N–H and O–H groups in total. The summed E-state index contributed by atoms with van der Waals surface area (Å²) in [5.41, 5.74) is 0.973. The van der Waals surface area contributed by atoms with E-state index in [1.807, 2.05) is 0 Å². The predicted molar refractivity (Wildman–Crippen MR) is 94.9 cm³/mol. The zero-order valence-electron chi connectivity index (χ0n) is 14.0. The first-order chi connectivity index (χ1) is 12.0. The first-order valence-electron chi connectivity index (χ1n) is 8.24. The topological polar surface area (TPSA) is 90.0 Å². The molecule has 0 saturated heterocycles. The van der Waals surface area contributed by atoms with E-state index in [2.05, 4.69) is 22.4 Å². The third-order valence-corrected chi connectivity index (χ3v) is 5.65. The average Bonchev–Trinajstić information content (AvgIpc) is 3.13. The first kappa shape index (κ1) is 16.0. The molecule has 1 atom stereocenters. The van der Waals surface area contributed by atoms with Crippen LogP contribution < -0.4 is 10.9 Å². The van der Waals surface area contributed by atoms with Crippen molar-refractivity contribution >= 4 is 33.3 Å². The van der Waals surface area contributed by atoms with Crippen LogP contribution in [0.5, 0.6) is 0 Å². The summed E-state index contributed by atoms with van der Waals surface area (Å²) < 4.78 is 6.27. The lowest BCUT2D eigenvalue weighted by molar-refractivity contribution is -0.116. The molecule has 0 bridgehead atoms. The van der Waals surface area contributed by atoms with Crippen LogP contribution >= 0.6 is 11.3 Å². The molecule has 0 spiro atoms. The standard InChI is InChI=1S/C17H18N4O3S/c1-9-3-4-11-12(5-9)25-16-15(11)17(23)21(8-18-16)7-14(22)19-13-6-10(2)24-20-13/h6,8-9H,3-5,7H2,1-2H3,(H,19,20,22)/t9-/m1/s1. The maximum atomic E-state index is 12.9. The fraction of sp³-hybridized carbons (Fsp3) is 0.412. The highest BCUT2D eigenvalue weighted by Gasteiger charge is 2.23. The van der Waals surface area contributed by atoms with E-state index in [-0.39, 0.29) is 18.0 Å². The number of carbonyl (C=O) groups is 1. The number of anilines is 1. The van der Waals surface area contributed by atoms with Gasteiger partial charge in [-0.1, -0.05) is 12.1 Å². The number of carbonyl (C=O) groups excluding carboxylic acids is 1. The minimum absolute atomic E-state index is 0.102. The summed E-state index contributed by atoms with van der Waals surface area (Å²) in [6, 6.07) is 1.62. The van der Waals surface area contributed by atoms with Gasteiger partial charge in [-0.25, -0.2) is 4.98 Å². The summed E-state index contributed by atoms with van der Waals surface area (Å²) in [4.78, 5) is 31.5. The Kier molecular flexibility index (Phi) is 3.91. The van der Waals surface area contributed by atoms with Gasteiger partial charge in [0.05, 0.1) is 11.7 Å². The quantitative estimate of drug-likeness (QED) is 0.777. The van der Waals surface area contributed by atoms with Crippen LogP contribution in [0, 0.1) is 12.8 Å². The molecule has 0 aromatic carbocycles. The lowest BCUT2D eigenvalue weighted by Gasteiger charge is -2.17. The van der Waals surface area contributed by atoms with Gasteiger partial charge in [0, 0.05) is 10.9 Å². The Morgan fingerprint density at radius 2 is 2.36 bits per heavy atom. The molecule has 7 nitrogen and oxygen atoms in total. The molecule has 3 aromatic rings. The number of aryl methyl sites for hydroxylation is 2. The van der Waals surface area contributed by atoms with Crippen molar-refractivity contribution in [2.45, 2.75) is 39.7 Å². The minimum Gasteiger partial charge on any atom is -0.360 e. The molecule has 3 heterocycles. The summed E-state index contributed by atoms with van der Waals surface area (Å²) in [6.07, 6.45) is 4.44. The van der Waals surface area contributed by atoms with Gasteiger partial charge in [-0.2, -0.15) is 0 Å². The Balaban J connectivity index is 1.63. The molecular formula is C17H18N4O3S. The third-order valence-electron chi connectivity index (χ3n) is 4.49. The van der Waals surface area contributed by atoms with E-state index in [9.17, 15) is 9.59 Å². The molecule has 130 valence electrons. The molecule has 1 amide bonds. The third kappa shape index (κ3) is 2.97. The molecule has 8 heteroatoms. The van der Waals surface area contributed by atoms with Gasteiger partial charge in [-0.15, -0.1) is 11.3 Å². The van der Waals surface area contributed by atoms with Crippen molar-refractivity contribution in [2.24, 2.45) is 5.92 Å². The lowest BCUT2D eigenvalue weighted by Crippen LogP contribution is -2.28. The highest BCUT2D eigenvalue weighted by molar-refractivity contribution is 7.18. The summed E-state index contributed by atoms with van der Waals surface area (Å²) in [6.45, 7) is 3.87. The molecule has 0 radical (unpaired) electrons. The van der Waals surface area contributed by atoms with Crippen LogP contribution in [-0.2, 0) is 24.2 Å². The van der Waals surface area contributed by atoms with Crippen molar-refractivity contribution in [3.63, 3.8) is 0 Å². The smallest absolute Gasteiger partial charge is 0.262 e. The number of rotatable bonds is 3. The van der Waals surface area contributed by atoms with Crippen LogP contribution in [0.1, 0.15) is 29.5 Å². The van der Waals surface area contributed by atoms with E-state index in [1.165, 1.54) is 15.8 Å². The van der Waals surface area contributed by atoms with Crippen molar-refractivity contribution in [3.8, 4) is 0 Å². The van der Waals surface area contributed by atoms with Gasteiger partial charge in [-0.3, -0.25) is 14.2 Å². The molecule has 0 unspecified atom stereocenters. The highest BCUT2D eigenvalue weighted by Crippen LogP contribution is 2.35. The summed E-state index contributed by atoms with van der Waals surface area (Å²) >= 11 is 1.60. The van der Waals surface area contributed by atoms with E-state index in [0.717, 1.165) is 29.7 Å². The average molecular weight is 358 g/mol. The Morgan fingerprint density at radius 3 is 3.12 bits per heavy atom. The number of aromatic nitrogens is 3. The fourth-order valence-electron chi connectivity index (χ4n) is 3.24. The molecule has 0 fully saturated rings. The number of nitrogens with zero attached hydrogens (tertiary/aromatic N) is 3. The maximum absolute atomic E-state index is 12.9. The molecular weight excluding hydrogens is 340 g/mol. The van der Waals surface area contributed by atoms with Crippen molar-refractivity contribution < 1.29 is 9.32 Å². The number of fused-ring (bicyclic) bond motifs is 3. The Bertz CT molecular complexity index is 1020. The van der Waals surface area contributed by atoms with Gasteiger partial charge in [0.1, 0.15) is 17.1 Å². The number of hydrogen-bond donors (Lipinski definition) is 1. The van der Waals surface area contributed by atoms with Crippen molar-refractivity contribution in [3.05, 3.63) is 38.9 Å². The number of thiophene rings is 1. The van der Waals surface area contributed by atoms with E-state index in [1.54, 1.807) is 24.3 Å². The Labute approximate surface area is 147 Å². The molecule has 3 aromatic heterocycles. The molecule has 25 heavy (non-hydrogen) atoms. The largest absolute Gasteiger partial charge is 0.360 e. The van der Waals surface area contributed by atoms with Gasteiger partial charge in [0.15, 0.2) is 5.82 Å². The molecule has 1 aliphatic carbocycles. The molecule has 0 saturated carbocycles. The predicted octanol–water partition coefficient (Wildman–Crippen LogP) is 2.52. The fourth-order valence-corrected chi connectivity index (χ4v) is 4.58. The summed E-state index contributed by atoms with van der Waals surface area (Å²) in [5, 5.41) is 7.02. The number of nitrogens with one attached hydrogen (secondary N) is 1. The van der Waals surface area contributed by atoms with Crippen LogP contribution in [0.3, 0.4) is 0 Å². The molecule has 0 aliphatic heterocycles. The van der Waals surface area contributed by atoms with Crippen molar-refractivity contribution in [1.29, 1.82) is 0 Å². The lowest BCUT2D eigenvalue weighted by atomic mass is 9.89. The van der Waals surface area contributed by atoms with E-state index in [0.29, 0.717) is 22.9 Å². The second kappa shape index (κ2) is 6.11. The number of amides is 1. The zero-order chi connectivity index (χ0) is 17.6. The van der Waals surface area contributed by atoms with Gasteiger partial charge >= 0.3 is 0 Å². The van der Waals surface area contributed by atoms with Crippen LogP contribution in [0.4, 0.5) is 5.82 Å². The Morgan fingerprint density at radius 1 is 1.52 bits per heavy atom. The highest BCUT2D eigenvalue weighted by atomic mass is 32.1. The van der Waals surface area contributed by atoms with Crippen molar-refractivity contribution in [2.75, 3.05) is 5.32 Å². The van der Waals surface area contributed by atoms with Gasteiger partial charge in [0.25, 0.3) is 5.56 Å². The SMILES string of the molecule is Cc1cc(NC(=O)Cn2cnc3sc4c(c3c2=O)CC[C@@H](C)C4)no1. The first-order valence-corrected chi connectivity index (χ1v) is 9.05. The van der Waals surface area contributed by atoms with Crippen LogP contribution in [0.15, 0.2) is 21.7 Å². The number of hydrogen-bond acceptors (Lipinski definition) is 6. The van der Waals surface area contributed by atoms with Crippen LogP contribution in [0.25, 0.3) is 10.2 Å².